The van der Waals surface area contributed by atoms with Crippen LogP contribution in [0.1, 0.15) is 89.7 Å². The Morgan fingerprint density at radius 2 is 1.95 bits per heavy atom. The summed E-state index contributed by atoms with van der Waals surface area (Å²) in [5, 5.41) is 9.37. The molecule has 0 saturated carbocycles. The third kappa shape index (κ3) is 6.79. The van der Waals surface area contributed by atoms with E-state index in [1.54, 1.807) is 0 Å². The quantitative estimate of drug-likeness (QED) is 0.0791. The summed E-state index contributed by atoms with van der Waals surface area (Å²) in [6.45, 7) is 7.26. The average Bonchev–Trinajstić information content (AvgIpc) is 2.83. The van der Waals surface area contributed by atoms with E-state index in [9.17, 15) is 19.7 Å². The van der Waals surface area contributed by atoms with Crippen LogP contribution in [0.15, 0.2) is 23.8 Å². The number of alkyl halides is 2. The predicted octanol–water partition coefficient (Wildman–Crippen LogP) is 6.02. The van der Waals surface area contributed by atoms with Crippen molar-refractivity contribution in [2.45, 2.75) is 90.1 Å². The molecule has 1 heterocycles. The van der Waals surface area contributed by atoms with Gasteiger partial charge in [-0.25, -0.2) is 4.79 Å². The van der Waals surface area contributed by atoms with Gasteiger partial charge in [0.25, 0.3) is 5.09 Å². The molecule has 1 aliphatic carbocycles. The van der Waals surface area contributed by atoms with E-state index in [-0.39, 0.29) is 49.4 Å². The maximum atomic E-state index is 15.3. The van der Waals surface area contributed by atoms with E-state index in [2.05, 4.69) is 10.9 Å². The Labute approximate surface area is 220 Å². The Balaban J connectivity index is 1.97. The van der Waals surface area contributed by atoms with Crippen molar-refractivity contribution in [2.75, 3.05) is 13.2 Å². The molecule has 38 heavy (non-hydrogen) atoms. The van der Waals surface area contributed by atoms with Crippen molar-refractivity contribution >= 4 is 11.9 Å². The molecule has 0 spiro atoms. The molecule has 1 aromatic rings. The molecular formula is C27H35F2NO8. The molecule has 0 amide bonds. The molecule has 2 unspecified atom stereocenters. The Morgan fingerprint density at radius 1 is 1.21 bits per heavy atom. The number of halogens is 2. The monoisotopic (exact) mass is 539 g/mol. The Hall–Kier alpha value is -3.24. The van der Waals surface area contributed by atoms with Gasteiger partial charge in [-0.05, 0) is 58.6 Å². The molecule has 0 N–H and O–H groups in total. The van der Waals surface area contributed by atoms with Crippen LogP contribution in [-0.4, -0.2) is 35.8 Å². The summed E-state index contributed by atoms with van der Waals surface area (Å²) in [5.41, 5.74) is 0.208. The number of esters is 2. The van der Waals surface area contributed by atoms with E-state index in [4.69, 9.17) is 14.2 Å². The van der Waals surface area contributed by atoms with Crippen LogP contribution in [0.2, 0.25) is 0 Å². The van der Waals surface area contributed by atoms with Crippen LogP contribution in [0.4, 0.5) is 8.78 Å². The molecule has 0 bridgehead atoms. The van der Waals surface area contributed by atoms with E-state index in [1.807, 2.05) is 27.7 Å². The first-order valence-corrected chi connectivity index (χ1v) is 12.9. The molecule has 2 aliphatic rings. The lowest BCUT2D eigenvalue weighted by molar-refractivity contribution is -0.757. The fourth-order valence-corrected chi connectivity index (χ4v) is 5.07. The van der Waals surface area contributed by atoms with Gasteiger partial charge in [0, 0.05) is 29.4 Å². The maximum Gasteiger partial charge on any atom is 0.381 e. The van der Waals surface area contributed by atoms with E-state index in [0.717, 1.165) is 30.5 Å². The highest BCUT2D eigenvalue weighted by Crippen LogP contribution is 2.55. The molecular weight excluding hydrogens is 504 g/mol. The minimum atomic E-state index is -4.01. The van der Waals surface area contributed by atoms with Crippen molar-refractivity contribution in [3.63, 3.8) is 0 Å². The third-order valence-electron chi connectivity index (χ3n) is 7.03. The summed E-state index contributed by atoms with van der Waals surface area (Å²) >= 11 is 0. The van der Waals surface area contributed by atoms with Crippen molar-refractivity contribution in [2.24, 2.45) is 5.92 Å². The van der Waals surface area contributed by atoms with E-state index in [1.165, 1.54) is 0 Å². The van der Waals surface area contributed by atoms with E-state index >= 15 is 8.78 Å². The van der Waals surface area contributed by atoms with Crippen molar-refractivity contribution in [3.05, 3.63) is 45.0 Å². The van der Waals surface area contributed by atoms with Gasteiger partial charge in [0.2, 0.25) is 0 Å². The Morgan fingerprint density at radius 3 is 2.63 bits per heavy atom. The third-order valence-corrected chi connectivity index (χ3v) is 7.03. The van der Waals surface area contributed by atoms with Crippen LogP contribution in [-0.2, 0) is 25.1 Å². The maximum absolute atomic E-state index is 15.3. The van der Waals surface area contributed by atoms with Gasteiger partial charge in [-0.3, -0.25) is 4.79 Å². The number of ether oxygens (including phenoxy) is 3. The first kappa shape index (κ1) is 29.3. The zero-order valence-electron chi connectivity index (χ0n) is 22.2. The van der Waals surface area contributed by atoms with Gasteiger partial charge in [0.1, 0.15) is 17.1 Å². The summed E-state index contributed by atoms with van der Waals surface area (Å²) in [5.74, 6) is -6.62. The summed E-state index contributed by atoms with van der Waals surface area (Å²) in [4.78, 5) is 39.5. The zero-order chi connectivity index (χ0) is 28.1. The first-order valence-electron chi connectivity index (χ1n) is 12.9. The van der Waals surface area contributed by atoms with Crippen LogP contribution < -0.4 is 9.47 Å². The number of hydrogen-bond acceptors (Lipinski definition) is 8. The highest BCUT2D eigenvalue weighted by Gasteiger charge is 2.49. The van der Waals surface area contributed by atoms with Crippen LogP contribution in [0.25, 0.3) is 0 Å². The molecule has 11 heteroatoms. The highest BCUT2D eigenvalue weighted by molar-refractivity contribution is 5.80. The lowest BCUT2D eigenvalue weighted by Gasteiger charge is -2.47. The standard InChI is InChI=1S/C27H35F2NO8/c1-5-6-7-12-35-25(32)27(28,29)18-15-21(37-23(31)9-8-13-36-30(33)34)24-19-14-17(2)10-11-20(19)26(3,4)38-22(24)16-18/h10,15-16,19-20H,5-9,11-14H2,1-4H3. The van der Waals surface area contributed by atoms with Crippen molar-refractivity contribution < 1.29 is 42.5 Å². The minimum Gasteiger partial charge on any atom is -0.487 e. The summed E-state index contributed by atoms with van der Waals surface area (Å²) in [6.07, 6.45) is 5.27. The number of unbranched alkanes of at least 4 members (excludes halogenated alkanes) is 2. The van der Waals surface area contributed by atoms with E-state index < -0.39 is 34.1 Å². The number of hydrogen-bond donors (Lipinski definition) is 0. The van der Waals surface area contributed by atoms with Crippen molar-refractivity contribution in [1.82, 2.24) is 0 Å². The number of fused-ring (bicyclic) bond motifs is 3. The van der Waals surface area contributed by atoms with E-state index in [0.29, 0.717) is 24.8 Å². The second-order valence-electron chi connectivity index (χ2n) is 10.3. The molecule has 0 saturated heterocycles. The van der Waals surface area contributed by atoms with Crippen molar-refractivity contribution in [3.8, 4) is 11.5 Å². The van der Waals surface area contributed by atoms with Gasteiger partial charge >= 0.3 is 17.9 Å². The fraction of sp³-hybridized carbons (Fsp3) is 0.630. The van der Waals surface area contributed by atoms with Gasteiger partial charge in [0.15, 0.2) is 0 Å². The number of carbonyl (C=O) groups is 2. The summed E-state index contributed by atoms with van der Waals surface area (Å²) in [7, 11) is 0. The first-order chi connectivity index (χ1) is 17.9. The van der Waals surface area contributed by atoms with Gasteiger partial charge in [0.05, 0.1) is 13.2 Å². The fourth-order valence-electron chi connectivity index (χ4n) is 5.07. The lowest BCUT2D eigenvalue weighted by Crippen LogP contribution is -2.45. The van der Waals surface area contributed by atoms with Crippen molar-refractivity contribution in [1.29, 1.82) is 0 Å². The number of benzene rings is 1. The summed E-state index contributed by atoms with van der Waals surface area (Å²) < 4.78 is 47.2. The van der Waals surface area contributed by atoms with Crippen LogP contribution in [0, 0.1) is 16.0 Å². The van der Waals surface area contributed by atoms with Crippen LogP contribution >= 0.6 is 0 Å². The normalized spacial score (nSPS) is 19.8. The molecule has 1 aliphatic heterocycles. The highest BCUT2D eigenvalue weighted by atomic mass is 19.3. The number of nitrogens with zero attached hydrogens (tertiary/aromatic N) is 1. The average molecular weight is 540 g/mol. The van der Waals surface area contributed by atoms with Gasteiger partial charge in [-0.15, -0.1) is 10.1 Å². The molecule has 3 rings (SSSR count). The molecule has 210 valence electrons. The topological polar surface area (TPSA) is 114 Å². The molecule has 0 fully saturated rings. The van der Waals surface area contributed by atoms with Gasteiger partial charge < -0.3 is 19.0 Å². The smallest absolute Gasteiger partial charge is 0.381 e. The number of allylic oxidation sites excluding steroid dienone is 2. The Kier molecular flexibility index (Phi) is 9.32. The second kappa shape index (κ2) is 12.1. The molecule has 0 radical (unpaired) electrons. The molecule has 1 aromatic carbocycles. The molecule has 0 aromatic heterocycles. The minimum absolute atomic E-state index is 0.000431. The SMILES string of the molecule is CCCCCOC(=O)C(F)(F)c1cc(OC(=O)CCCO[N+](=O)[O-])c2c(c1)OC(C)(C)C1CC=C(C)CC21. The van der Waals surface area contributed by atoms with Crippen LogP contribution in [0.3, 0.4) is 0 Å². The number of rotatable bonds is 12. The molecule has 9 nitrogen and oxygen atoms in total. The Bertz CT molecular complexity index is 1090. The van der Waals surface area contributed by atoms with Gasteiger partial charge in [-0.2, -0.15) is 8.78 Å². The second-order valence-corrected chi connectivity index (χ2v) is 10.3. The summed E-state index contributed by atoms with van der Waals surface area (Å²) in [6, 6.07) is 2.14. The van der Waals surface area contributed by atoms with Gasteiger partial charge in [-0.1, -0.05) is 31.4 Å². The lowest BCUT2D eigenvalue weighted by atomic mass is 9.67. The van der Waals surface area contributed by atoms with Crippen LogP contribution in [0.5, 0.6) is 11.5 Å². The molecule has 2 atom stereocenters. The largest absolute Gasteiger partial charge is 0.487 e. The number of carbonyl (C=O) groups excluding carboxylic acids is 2. The predicted molar refractivity (Wildman–Crippen MR) is 133 cm³/mol. The zero-order valence-corrected chi connectivity index (χ0v) is 22.2.